The smallest absolute Gasteiger partial charge is 0.0290 e. The van der Waals surface area contributed by atoms with Crippen LogP contribution >= 0.6 is 0 Å². The number of hydrogen-bond acceptors (Lipinski definition) is 1. The standard InChI is InChI=1S/C23H25N/c1-2-18-10-6-11-20(14-18)21-15-22-12-7-13-23(16-21)24(22)17-19-8-4-3-5-9-19/h2-6,8-11,14-15,22-23H,1,7,12-13,16-17H2. The highest BCUT2D eigenvalue weighted by Gasteiger charge is 2.33. The molecule has 2 aliphatic rings. The van der Waals surface area contributed by atoms with Gasteiger partial charge in [-0.1, -0.05) is 73.7 Å². The Morgan fingerprint density at radius 1 is 1.04 bits per heavy atom. The maximum Gasteiger partial charge on any atom is 0.0290 e. The predicted molar refractivity (Wildman–Crippen MR) is 103 cm³/mol. The van der Waals surface area contributed by atoms with Gasteiger partial charge in [0.15, 0.2) is 0 Å². The van der Waals surface area contributed by atoms with Gasteiger partial charge in [-0.05, 0) is 47.6 Å². The molecule has 2 atom stereocenters. The number of rotatable bonds is 4. The van der Waals surface area contributed by atoms with Crippen molar-refractivity contribution in [3.63, 3.8) is 0 Å². The van der Waals surface area contributed by atoms with Crippen LogP contribution in [0.1, 0.15) is 42.4 Å². The van der Waals surface area contributed by atoms with Gasteiger partial charge in [0, 0.05) is 18.6 Å². The van der Waals surface area contributed by atoms with E-state index in [1.807, 2.05) is 6.08 Å². The van der Waals surface area contributed by atoms with Gasteiger partial charge in [0.1, 0.15) is 0 Å². The van der Waals surface area contributed by atoms with Gasteiger partial charge in [0.2, 0.25) is 0 Å². The van der Waals surface area contributed by atoms with Crippen molar-refractivity contribution in [1.82, 2.24) is 4.90 Å². The van der Waals surface area contributed by atoms with Crippen molar-refractivity contribution in [1.29, 1.82) is 0 Å². The topological polar surface area (TPSA) is 3.24 Å². The molecule has 0 saturated carbocycles. The molecule has 2 heterocycles. The highest BCUT2D eigenvalue weighted by atomic mass is 15.2. The molecule has 2 bridgehead atoms. The minimum absolute atomic E-state index is 0.583. The highest BCUT2D eigenvalue weighted by Crippen LogP contribution is 2.38. The number of fused-ring (bicyclic) bond motifs is 2. The van der Waals surface area contributed by atoms with Crippen molar-refractivity contribution in [3.05, 3.63) is 83.9 Å². The van der Waals surface area contributed by atoms with Crippen LogP contribution in [-0.4, -0.2) is 17.0 Å². The van der Waals surface area contributed by atoms with Crippen LogP contribution in [0.2, 0.25) is 0 Å². The molecule has 2 aromatic rings. The Bertz CT molecular complexity index is 744. The first-order chi connectivity index (χ1) is 11.8. The van der Waals surface area contributed by atoms with Crippen molar-refractivity contribution < 1.29 is 0 Å². The molecular weight excluding hydrogens is 290 g/mol. The van der Waals surface area contributed by atoms with E-state index in [-0.39, 0.29) is 0 Å². The van der Waals surface area contributed by atoms with Gasteiger partial charge in [0.25, 0.3) is 0 Å². The van der Waals surface area contributed by atoms with Crippen LogP contribution in [-0.2, 0) is 6.54 Å². The van der Waals surface area contributed by atoms with Gasteiger partial charge >= 0.3 is 0 Å². The SMILES string of the molecule is C=Cc1cccc(C2=CC3CCCC(C2)N3Cc2ccccc2)c1. The van der Waals surface area contributed by atoms with Crippen LogP contribution < -0.4 is 0 Å². The highest BCUT2D eigenvalue weighted by molar-refractivity contribution is 5.70. The second kappa shape index (κ2) is 6.78. The van der Waals surface area contributed by atoms with Crippen LogP contribution in [0.15, 0.2) is 67.3 Å². The Kier molecular flexibility index (Phi) is 4.36. The fourth-order valence-corrected chi connectivity index (χ4v) is 4.24. The summed E-state index contributed by atoms with van der Waals surface area (Å²) < 4.78 is 0. The summed E-state index contributed by atoms with van der Waals surface area (Å²) in [5.74, 6) is 0. The summed E-state index contributed by atoms with van der Waals surface area (Å²) >= 11 is 0. The normalized spacial score (nSPS) is 23.6. The van der Waals surface area contributed by atoms with Gasteiger partial charge in [0.05, 0.1) is 0 Å². The lowest BCUT2D eigenvalue weighted by Crippen LogP contribution is -2.47. The van der Waals surface area contributed by atoms with Crippen molar-refractivity contribution in [3.8, 4) is 0 Å². The van der Waals surface area contributed by atoms with Gasteiger partial charge < -0.3 is 0 Å². The van der Waals surface area contributed by atoms with Crippen molar-refractivity contribution in [2.24, 2.45) is 0 Å². The number of nitrogens with zero attached hydrogens (tertiary/aromatic N) is 1. The van der Waals surface area contributed by atoms with Gasteiger partial charge in [-0.3, -0.25) is 4.90 Å². The van der Waals surface area contributed by atoms with Crippen molar-refractivity contribution in [2.75, 3.05) is 0 Å². The molecule has 0 N–H and O–H groups in total. The fraction of sp³-hybridized carbons (Fsp3) is 0.304. The molecule has 1 fully saturated rings. The Labute approximate surface area is 145 Å². The Balaban J connectivity index is 1.61. The third-order valence-corrected chi connectivity index (χ3v) is 5.48. The second-order valence-corrected chi connectivity index (χ2v) is 7.04. The maximum absolute atomic E-state index is 3.91. The molecule has 122 valence electrons. The summed E-state index contributed by atoms with van der Waals surface area (Å²) in [6.07, 6.45) is 9.60. The lowest BCUT2D eigenvalue weighted by molar-refractivity contribution is 0.0951. The summed E-state index contributed by atoms with van der Waals surface area (Å²) in [6, 6.07) is 21.0. The molecule has 0 aliphatic carbocycles. The van der Waals surface area contributed by atoms with Gasteiger partial charge in [-0.15, -0.1) is 0 Å². The maximum atomic E-state index is 3.91. The van der Waals surface area contributed by atoms with E-state index in [9.17, 15) is 0 Å². The van der Waals surface area contributed by atoms with E-state index in [4.69, 9.17) is 0 Å². The Morgan fingerprint density at radius 3 is 2.71 bits per heavy atom. The van der Waals surface area contributed by atoms with Crippen molar-refractivity contribution in [2.45, 2.75) is 44.3 Å². The second-order valence-electron chi connectivity index (χ2n) is 7.04. The minimum atomic E-state index is 0.583. The van der Waals surface area contributed by atoms with Crippen LogP contribution in [0.3, 0.4) is 0 Å². The molecule has 24 heavy (non-hydrogen) atoms. The third kappa shape index (κ3) is 3.09. The molecule has 1 nitrogen and oxygen atoms in total. The first-order valence-electron chi connectivity index (χ1n) is 9.07. The largest absolute Gasteiger partial charge is 0.289 e. The lowest BCUT2D eigenvalue weighted by atomic mass is 9.82. The van der Waals surface area contributed by atoms with Crippen LogP contribution in [0.5, 0.6) is 0 Å². The van der Waals surface area contributed by atoms with E-state index >= 15 is 0 Å². The molecule has 0 radical (unpaired) electrons. The zero-order valence-corrected chi connectivity index (χ0v) is 14.2. The lowest BCUT2D eigenvalue weighted by Gasteiger charge is -2.45. The molecule has 2 aliphatic heterocycles. The molecule has 4 rings (SSSR count). The summed E-state index contributed by atoms with van der Waals surface area (Å²) in [5.41, 5.74) is 5.55. The fourth-order valence-electron chi connectivity index (χ4n) is 4.24. The van der Waals surface area contributed by atoms with Crippen LogP contribution in [0.4, 0.5) is 0 Å². The van der Waals surface area contributed by atoms with E-state index in [0.29, 0.717) is 12.1 Å². The molecule has 2 aromatic carbocycles. The van der Waals surface area contributed by atoms with Gasteiger partial charge in [-0.25, -0.2) is 0 Å². The zero-order valence-electron chi connectivity index (χ0n) is 14.2. The first kappa shape index (κ1) is 15.4. The number of piperidine rings is 1. The summed E-state index contributed by atoms with van der Waals surface area (Å²) in [4.78, 5) is 2.72. The molecule has 0 amide bonds. The molecule has 2 unspecified atom stereocenters. The molecule has 0 aromatic heterocycles. The average Bonchev–Trinajstić information content (AvgIpc) is 2.62. The first-order valence-corrected chi connectivity index (χ1v) is 9.07. The third-order valence-electron chi connectivity index (χ3n) is 5.48. The molecule has 0 spiro atoms. The number of benzene rings is 2. The molecule has 1 heteroatoms. The van der Waals surface area contributed by atoms with E-state index in [1.54, 1.807) is 0 Å². The van der Waals surface area contributed by atoms with Crippen LogP contribution in [0.25, 0.3) is 11.6 Å². The summed E-state index contributed by atoms with van der Waals surface area (Å²) in [7, 11) is 0. The number of hydrogen-bond donors (Lipinski definition) is 0. The van der Waals surface area contributed by atoms with Crippen LogP contribution in [0, 0.1) is 0 Å². The van der Waals surface area contributed by atoms with E-state index in [0.717, 1.165) is 6.54 Å². The monoisotopic (exact) mass is 315 g/mol. The predicted octanol–water partition coefficient (Wildman–Crippen LogP) is 5.54. The quantitative estimate of drug-likeness (QED) is 0.716. The van der Waals surface area contributed by atoms with Crippen molar-refractivity contribution >= 4 is 11.6 Å². The summed E-state index contributed by atoms with van der Waals surface area (Å²) in [5, 5.41) is 0. The Morgan fingerprint density at radius 2 is 1.92 bits per heavy atom. The van der Waals surface area contributed by atoms with E-state index < -0.39 is 0 Å². The van der Waals surface area contributed by atoms with E-state index in [1.165, 1.54) is 47.9 Å². The van der Waals surface area contributed by atoms with E-state index in [2.05, 4.69) is 72.2 Å². The minimum Gasteiger partial charge on any atom is -0.289 e. The average molecular weight is 315 g/mol. The molecule has 1 saturated heterocycles. The Hall–Kier alpha value is -2.12. The zero-order chi connectivity index (χ0) is 16.4. The summed E-state index contributed by atoms with van der Waals surface area (Å²) in [6.45, 7) is 4.98. The molecular formula is C23H25N. The van der Waals surface area contributed by atoms with Gasteiger partial charge in [-0.2, -0.15) is 0 Å².